The molecule has 7 nitrogen and oxygen atoms in total. The van der Waals surface area contributed by atoms with Gasteiger partial charge in [0.05, 0.1) is 22.9 Å². The molecule has 0 amide bonds. The lowest BCUT2D eigenvalue weighted by Gasteiger charge is -2.29. The van der Waals surface area contributed by atoms with Crippen molar-refractivity contribution in [2.75, 3.05) is 11.6 Å². The second-order valence-corrected chi connectivity index (χ2v) is 6.86. The number of fused-ring (bicyclic) bond motifs is 1. The van der Waals surface area contributed by atoms with Crippen LogP contribution in [0.25, 0.3) is 0 Å². The van der Waals surface area contributed by atoms with Gasteiger partial charge in [-0.25, -0.2) is 5.43 Å². The molecule has 2 atom stereocenters. The molecule has 1 N–H and O–H groups in total. The van der Waals surface area contributed by atoms with Crippen molar-refractivity contribution in [3.05, 3.63) is 63.2 Å². The number of hydrazine groups is 1. The Hall–Kier alpha value is -2.64. The summed E-state index contributed by atoms with van der Waals surface area (Å²) in [5.74, 6) is -0.358. The number of nitro benzene ring substituents is 1. The molecule has 3 rings (SSSR count). The summed E-state index contributed by atoms with van der Waals surface area (Å²) in [5.41, 5.74) is 5.70. The first-order valence-corrected chi connectivity index (χ1v) is 9.04. The Labute approximate surface area is 162 Å². The van der Waals surface area contributed by atoms with Crippen LogP contribution in [0.3, 0.4) is 0 Å². The summed E-state index contributed by atoms with van der Waals surface area (Å²) in [7, 11) is 0. The van der Waals surface area contributed by atoms with E-state index in [1.807, 2.05) is 25.1 Å². The lowest BCUT2D eigenvalue weighted by molar-refractivity contribution is -0.384. The highest BCUT2D eigenvalue weighted by molar-refractivity contribution is 6.30. The Balaban J connectivity index is 2.05. The zero-order chi connectivity index (χ0) is 19.6. The van der Waals surface area contributed by atoms with Crippen molar-refractivity contribution in [3.63, 3.8) is 0 Å². The Morgan fingerprint density at radius 2 is 2.04 bits per heavy atom. The molecule has 0 bridgehead atoms. The Kier molecular flexibility index (Phi) is 5.62. The molecule has 1 heterocycles. The van der Waals surface area contributed by atoms with Gasteiger partial charge in [0.2, 0.25) is 0 Å². The van der Waals surface area contributed by atoms with Crippen LogP contribution in [0.4, 0.5) is 17.1 Å². The van der Waals surface area contributed by atoms with Crippen LogP contribution < -0.4 is 10.4 Å². The fourth-order valence-corrected chi connectivity index (χ4v) is 3.34. The molecule has 0 fully saturated rings. The normalized spacial score (nSPS) is 19.1. The maximum Gasteiger partial charge on any atom is 0.325 e. The number of ether oxygens (including phenoxy) is 1. The predicted molar refractivity (Wildman–Crippen MR) is 103 cm³/mol. The molecule has 142 valence electrons. The zero-order valence-corrected chi connectivity index (χ0v) is 15.8. The number of nitrogens with zero attached hydrogens (tertiary/aromatic N) is 2. The van der Waals surface area contributed by atoms with Gasteiger partial charge in [-0.3, -0.25) is 19.9 Å². The highest BCUT2D eigenvalue weighted by Gasteiger charge is 2.33. The van der Waals surface area contributed by atoms with Crippen molar-refractivity contribution in [2.24, 2.45) is 5.92 Å². The first-order chi connectivity index (χ1) is 12.9. The number of anilines is 2. The Morgan fingerprint density at radius 1 is 1.33 bits per heavy atom. The van der Waals surface area contributed by atoms with Crippen molar-refractivity contribution in [1.29, 1.82) is 0 Å². The van der Waals surface area contributed by atoms with Gasteiger partial charge in [0.15, 0.2) is 0 Å². The molecule has 1 aliphatic rings. The fraction of sp³-hybridized carbons (Fsp3) is 0.316. The highest BCUT2D eigenvalue weighted by Crippen LogP contribution is 2.35. The van der Waals surface area contributed by atoms with E-state index in [0.717, 1.165) is 11.3 Å². The number of carbonyl (C=O) groups excluding carboxylic acids is 1. The SMILES string of the molecule is CCOC(=O)C1NN(c2ccc([N+](=O)[O-])cc2)c2cc(Cl)ccc2CC1C. The van der Waals surface area contributed by atoms with Crippen molar-refractivity contribution < 1.29 is 14.5 Å². The third kappa shape index (κ3) is 4.04. The monoisotopic (exact) mass is 389 g/mol. The lowest BCUT2D eigenvalue weighted by Crippen LogP contribution is -2.49. The quantitative estimate of drug-likeness (QED) is 0.483. The summed E-state index contributed by atoms with van der Waals surface area (Å²) in [6, 6.07) is 11.1. The average molecular weight is 390 g/mol. The fourth-order valence-electron chi connectivity index (χ4n) is 3.17. The van der Waals surface area contributed by atoms with Crippen LogP contribution >= 0.6 is 11.6 Å². The third-order valence-electron chi connectivity index (χ3n) is 4.53. The minimum Gasteiger partial charge on any atom is -0.465 e. The van der Waals surface area contributed by atoms with E-state index in [-0.39, 0.29) is 17.6 Å². The Bertz CT molecular complexity index is 857. The van der Waals surface area contributed by atoms with Crippen LogP contribution in [0.2, 0.25) is 5.02 Å². The molecule has 27 heavy (non-hydrogen) atoms. The zero-order valence-electron chi connectivity index (χ0n) is 15.0. The maximum absolute atomic E-state index is 12.5. The minimum absolute atomic E-state index is 0.00444. The summed E-state index contributed by atoms with van der Waals surface area (Å²) in [6.07, 6.45) is 0.659. The van der Waals surface area contributed by atoms with E-state index in [2.05, 4.69) is 5.43 Å². The number of halogens is 1. The van der Waals surface area contributed by atoms with Crippen LogP contribution in [0.1, 0.15) is 19.4 Å². The topological polar surface area (TPSA) is 84.7 Å². The van der Waals surface area contributed by atoms with Gasteiger partial charge in [-0.05, 0) is 49.1 Å². The van der Waals surface area contributed by atoms with Crippen LogP contribution in [-0.4, -0.2) is 23.5 Å². The number of benzene rings is 2. The Morgan fingerprint density at radius 3 is 2.67 bits per heavy atom. The molecule has 0 saturated heterocycles. The number of hydrogen-bond donors (Lipinski definition) is 1. The van der Waals surface area contributed by atoms with Gasteiger partial charge in [0, 0.05) is 17.2 Å². The predicted octanol–water partition coefficient (Wildman–Crippen LogP) is 4.01. The first kappa shape index (κ1) is 19.1. The first-order valence-electron chi connectivity index (χ1n) is 8.66. The molecular weight excluding hydrogens is 370 g/mol. The van der Waals surface area contributed by atoms with E-state index < -0.39 is 11.0 Å². The molecule has 2 unspecified atom stereocenters. The van der Waals surface area contributed by atoms with E-state index in [0.29, 0.717) is 23.7 Å². The smallest absolute Gasteiger partial charge is 0.325 e. The summed E-state index contributed by atoms with van der Waals surface area (Å²) >= 11 is 6.20. The number of nitrogens with one attached hydrogen (secondary N) is 1. The summed E-state index contributed by atoms with van der Waals surface area (Å²) in [4.78, 5) is 23.0. The second kappa shape index (κ2) is 7.94. The third-order valence-corrected chi connectivity index (χ3v) is 4.76. The van der Waals surface area contributed by atoms with Gasteiger partial charge in [-0.15, -0.1) is 0 Å². The molecule has 2 aromatic rings. The highest BCUT2D eigenvalue weighted by atomic mass is 35.5. The maximum atomic E-state index is 12.5. The minimum atomic E-state index is -0.564. The standard InChI is InChI=1S/C19H20ClN3O4/c1-3-27-19(24)18-12(2)10-13-4-5-14(20)11-17(13)22(21-18)15-6-8-16(9-7-15)23(25)26/h4-9,11-12,18,21H,3,10H2,1-2H3. The van der Waals surface area contributed by atoms with Gasteiger partial charge >= 0.3 is 5.97 Å². The second-order valence-electron chi connectivity index (χ2n) is 6.42. The molecule has 0 saturated carbocycles. The van der Waals surface area contributed by atoms with E-state index in [9.17, 15) is 14.9 Å². The summed E-state index contributed by atoms with van der Waals surface area (Å²) in [6.45, 7) is 4.04. The molecule has 1 aliphatic heterocycles. The van der Waals surface area contributed by atoms with Crippen molar-refractivity contribution in [1.82, 2.24) is 5.43 Å². The number of esters is 1. The number of carbonyl (C=O) groups is 1. The van der Waals surface area contributed by atoms with E-state index in [4.69, 9.17) is 16.3 Å². The largest absolute Gasteiger partial charge is 0.465 e. The van der Waals surface area contributed by atoms with E-state index in [1.54, 1.807) is 24.1 Å². The van der Waals surface area contributed by atoms with Crippen LogP contribution in [0.5, 0.6) is 0 Å². The average Bonchev–Trinajstić information content (AvgIpc) is 2.78. The summed E-state index contributed by atoms with van der Waals surface area (Å²) in [5, 5.41) is 13.2. The molecular formula is C19H20ClN3O4. The number of rotatable bonds is 4. The molecule has 2 aromatic carbocycles. The lowest BCUT2D eigenvalue weighted by atomic mass is 9.94. The van der Waals surface area contributed by atoms with Gasteiger partial charge in [0.1, 0.15) is 6.04 Å². The molecule has 8 heteroatoms. The molecule has 0 aromatic heterocycles. The van der Waals surface area contributed by atoms with Crippen molar-refractivity contribution >= 4 is 34.6 Å². The van der Waals surface area contributed by atoms with Crippen LogP contribution in [0.15, 0.2) is 42.5 Å². The van der Waals surface area contributed by atoms with Gasteiger partial charge in [-0.2, -0.15) is 0 Å². The summed E-state index contributed by atoms with van der Waals surface area (Å²) < 4.78 is 5.22. The van der Waals surface area contributed by atoms with Crippen LogP contribution in [-0.2, 0) is 16.0 Å². The van der Waals surface area contributed by atoms with Gasteiger partial charge in [-0.1, -0.05) is 24.6 Å². The van der Waals surface area contributed by atoms with E-state index in [1.165, 1.54) is 12.1 Å². The van der Waals surface area contributed by atoms with Crippen molar-refractivity contribution in [3.8, 4) is 0 Å². The van der Waals surface area contributed by atoms with Crippen molar-refractivity contribution in [2.45, 2.75) is 26.3 Å². The number of hydrogen-bond acceptors (Lipinski definition) is 6. The molecule has 0 aliphatic carbocycles. The number of nitro groups is 1. The van der Waals surface area contributed by atoms with Crippen LogP contribution in [0, 0.1) is 16.0 Å². The van der Waals surface area contributed by atoms with Gasteiger partial charge < -0.3 is 4.74 Å². The van der Waals surface area contributed by atoms with E-state index >= 15 is 0 Å². The number of non-ortho nitro benzene ring substituents is 1. The molecule has 0 radical (unpaired) electrons. The van der Waals surface area contributed by atoms with Gasteiger partial charge in [0.25, 0.3) is 5.69 Å². The molecule has 0 spiro atoms.